The van der Waals surface area contributed by atoms with Crippen LogP contribution in [0.2, 0.25) is 0 Å². The first-order valence-electron chi connectivity index (χ1n) is 8.64. The molecule has 2 aliphatic heterocycles. The van der Waals surface area contributed by atoms with Gasteiger partial charge in [-0.1, -0.05) is 30.3 Å². The fourth-order valence-corrected chi connectivity index (χ4v) is 4.24. The molecule has 0 spiro atoms. The largest absolute Gasteiger partial charge is 0.490 e. The van der Waals surface area contributed by atoms with Gasteiger partial charge in [-0.05, 0) is 50.7 Å². The zero-order valence-corrected chi connectivity index (χ0v) is 15.5. The quantitative estimate of drug-likeness (QED) is 0.830. The lowest BCUT2D eigenvalue weighted by molar-refractivity contribution is 0.0456. The average molecular weight is 354 g/mol. The highest BCUT2D eigenvalue weighted by molar-refractivity contribution is 7.80. The Kier molecular flexibility index (Phi) is 3.84. The van der Waals surface area contributed by atoms with Crippen molar-refractivity contribution in [3.8, 4) is 11.5 Å². The Morgan fingerprint density at radius 2 is 2.08 bits per heavy atom. The van der Waals surface area contributed by atoms with Crippen molar-refractivity contribution in [2.75, 3.05) is 11.5 Å². The Hall–Kier alpha value is -2.27. The first kappa shape index (κ1) is 16.2. The number of benzene rings is 2. The minimum Gasteiger partial charge on any atom is -0.490 e. The molecule has 0 aromatic heterocycles. The molecular formula is C20H22N2O2S. The molecule has 2 aliphatic rings. The van der Waals surface area contributed by atoms with Crippen molar-refractivity contribution in [1.82, 2.24) is 5.32 Å². The van der Waals surface area contributed by atoms with E-state index in [2.05, 4.69) is 42.3 Å². The number of fused-ring (bicyclic) bond motifs is 4. The maximum atomic E-state index is 6.54. The van der Waals surface area contributed by atoms with Gasteiger partial charge in [-0.15, -0.1) is 0 Å². The maximum Gasteiger partial charge on any atom is 0.188 e. The van der Waals surface area contributed by atoms with Gasteiger partial charge in [0, 0.05) is 17.7 Å². The van der Waals surface area contributed by atoms with Crippen LogP contribution in [0.15, 0.2) is 42.5 Å². The van der Waals surface area contributed by atoms with Crippen molar-refractivity contribution in [2.24, 2.45) is 0 Å². The van der Waals surface area contributed by atoms with E-state index < -0.39 is 5.72 Å². The lowest BCUT2D eigenvalue weighted by Crippen LogP contribution is -2.65. The van der Waals surface area contributed by atoms with Gasteiger partial charge in [0.2, 0.25) is 0 Å². The molecule has 0 radical (unpaired) electrons. The standard InChI is InChI=1S/C20H22N2O2S/c1-4-23-17-11-7-9-14-15-12-20(3,24-18(14)17)22(19(25)21-15)16-10-6-5-8-13(16)2/h5-11,15H,4,12H2,1-3H3,(H,21,25)/t15-,20-/m0/s1. The molecule has 0 saturated carbocycles. The lowest BCUT2D eigenvalue weighted by Gasteiger charge is -2.52. The van der Waals surface area contributed by atoms with Gasteiger partial charge in [0.1, 0.15) is 0 Å². The van der Waals surface area contributed by atoms with Crippen LogP contribution >= 0.6 is 12.2 Å². The fraction of sp³-hybridized carbons (Fsp3) is 0.350. The van der Waals surface area contributed by atoms with Crippen molar-refractivity contribution in [1.29, 1.82) is 0 Å². The van der Waals surface area contributed by atoms with E-state index in [1.807, 2.05) is 31.2 Å². The number of nitrogens with zero attached hydrogens (tertiary/aromatic N) is 1. The van der Waals surface area contributed by atoms with Crippen LogP contribution in [0.25, 0.3) is 0 Å². The van der Waals surface area contributed by atoms with Gasteiger partial charge >= 0.3 is 0 Å². The Morgan fingerprint density at radius 3 is 2.84 bits per heavy atom. The van der Waals surface area contributed by atoms with Gasteiger partial charge < -0.3 is 14.8 Å². The summed E-state index contributed by atoms with van der Waals surface area (Å²) in [5.74, 6) is 1.60. The van der Waals surface area contributed by atoms with Crippen LogP contribution in [-0.4, -0.2) is 17.4 Å². The highest BCUT2D eigenvalue weighted by atomic mass is 32.1. The normalized spacial score (nSPS) is 24.2. The molecule has 0 unspecified atom stereocenters. The molecule has 0 aliphatic carbocycles. The van der Waals surface area contributed by atoms with E-state index in [0.29, 0.717) is 11.7 Å². The van der Waals surface area contributed by atoms with Gasteiger partial charge in [0.15, 0.2) is 22.3 Å². The summed E-state index contributed by atoms with van der Waals surface area (Å²) in [5, 5.41) is 4.19. The van der Waals surface area contributed by atoms with Crippen LogP contribution < -0.4 is 19.7 Å². The number of nitrogens with one attached hydrogen (secondary N) is 1. The van der Waals surface area contributed by atoms with E-state index in [4.69, 9.17) is 21.7 Å². The summed E-state index contributed by atoms with van der Waals surface area (Å²) in [7, 11) is 0. The third-order valence-electron chi connectivity index (χ3n) is 4.92. The predicted octanol–water partition coefficient (Wildman–Crippen LogP) is 4.33. The molecule has 25 heavy (non-hydrogen) atoms. The zero-order chi connectivity index (χ0) is 17.6. The van der Waals surface area contributed by atoms with E-state index in [-0.39, 0.29) is 6.04 Å². The summed E-state index contributed by atoms with van der Waals surface area (Å²) >= 11 is 5.71. The van der Waals surface area contributed by atoms with Gasteiger partial charge in [-0.3, -0.25) is 4.90 Å². The molecule has 2 atom stereocenters. The van der Waals surface area contributed by atoms with Crippen LogP contribution in [0.4, 0.5) is 5.69 Å². The molecule has 2 aromatic carbocycles. The second-order valence-electron chi connectivity index (χ2n) is 6.71. The van der Waals surface area contributed by atoms with Crippen LogP contribution in [-0.2, 0) is 0 Å². The molecule has 130 valence electrons. The number of anilines is 1. The van der Waals surface area contributed by atoms with Crippen molar-refractivity contribution in [3.05, 3.63) is 53.6 Å². The van der Waals surface area contributed by atoms with Gasteiger partial charge in [-0.25, -0.2) is 0 Å². The summed E-state index contributed by atoms with van der Waals surface area (Å²) in [6.07, 6.45) is 0.810. The highest BCUT2D eigenvalue weighted by Gasteiger charge is 2.49. The Bertz CT molecular complexity index is 838. The number of hydrogen-bond acceptors (Lipinski definition) is 3. The lowest BCUT2D eigenvalue weighted by atomic mass is 9.89. The minimum absolute atomic E-state index is 0.127. The van der Waals surface area contributed by atoms with Gasteiger partial charge in [-0.2, -0.15) is 0 Å². The number of ether oxygens (including phenoxy) is 2. The third-order valence-corrected chi connectivity index (χ3v) is 5.22. The molecule has 1 N–H and O–H groups in total. The molecule has 5 heteroatoms. The molecule has 1 saturated heterocycles. The highest BCUT2D eigenvalue weighted by Crippen LogP contribution is 2.49. The summed E-state index contributed by atoms with van der Waals surface area (Å²) in [6, 6.07) is 14.4. The van der Waals surface area contributed by atoms with Gasteiger partial charge in [0.05, 0.1) is 12.6 Å². The number of para-hydroxylation sites is 2. The molecule has 1 fully saturated rings. The average Bonchev–Trinajstić information content (AvgIpc) is 2.57. The number of rotatable bonds is 3. The zero-order valence-electron chi connectivity index (χ0n) is 14.7. The fourth-order valence-electron chi connectivity index (χ4n) is 3.81. The molecule has 4 nitrogen and oxygen atoms in total. The molecular weight excluding hydrogens is 332 g/mol. The third kappa shape index (κ3) is 2.54. The summed E-state index contributed by atoms with van der Waals surface area (Å²) in [5.41, 5.74) is 2.78. The predicted molar refractivity (Wildman–Crippen MR) is 103 cm³/mol. The monoisotopic (exact) mass is 354 g/mol. The molecule has 2 bridgehead atoms. The Balaban J connectivity index is 1.82. The Morgan fingerprint density at radius 1 is 1.28 bits per heavy atom. The molecule has 4 rings (SSSR count). The van der Waals surface area contributed by atoms with E-state index in [1.54, 1.807) is 0 Å². The number of thiocarbonyl (C=S) groups is 1. The van der Waals surface area contributed by atoms with Crippen LogP contribution in [0, 0.1) is 6.92 Å². The summed E-state index contributed by atoms with van der Waals surface area (Å²) < 4.78 is 12.3. The van der Waals surface area contributed by atoms with Crippen LogP contribution in [0.5, 0.6) is 11.5 Å². The SMILES string of the molecule is CCOc1cccc2c1O[C@@]1(C)C[C@@H]2NC(=S)N1c1ccccc1C. The first-order chi connectivity index (χ1) is 12.0. The van der Waals surface area contributed by atoms with Gasteiger partial charge in [0.25, 0.3) is 0 Å². The smallest absolute Gasteiger partial charge is 0.188 e. The topological polar surface area (TPSA) is 33.7 Å². The van der Waals surface area contributed by atoms with Crippen molar-refractivity contribution in [3.63, 3.8) is 0 Å². The Labute approximate surface area is 153 Å². The second-order valence-corrected chi connectivity index (χ2v) is 7.10. The number of aryl methyl sites for hydroxylation is 1. The van der Waals surface area contributed by atoms with E-state index in [9.17, 15) is 0 Å². The molecule has 2 heterocycles. The summed E-state index contributed by atoms with van der Waals surface area (Å²) in [6.45, 7) is 6.79. The number of hydrogen-bond donors (Lipinski definition) is 1. The van der Waals surface area contributed by atoms with E-state index >= 15 is 0 Å². The van der Waals surface area contributed by atoms with Crippen LogP contribution in [0.1, 0.15) is 37.4 Å². The van der Waals surface area contributed by atoms with Crippen molar-refractivity contribution in [2.45, 2.75) is 39.0 Å². The second kappa shape index (κ2) is 5.92. The minimum atomic E-state index is -0.556. The molecule has 2 aromatic rings. The maximum absolute atomic E-state index is 6.54. The van der Waals surface area contributed by atoms with Crippen LogP contribution in [0.3, 0.4) is 0 Å². The summed E-state index contributed by atoms with van der Waals surface area (Å²) in [4.78, 5) is 2.10. The van der Waals surface area contributed by atoms with E-state index in [1.165, 1.54) is 5.56 Å². The van der Waals surface area contributed by atoms with E-state index in [0.717, 1.165) is 29.2 Å². The molecule has 0 amide bonds. The van der Waals surface area contributed by atoms with Crippen molar-refractivity contribution < 1.29 is 9.47 Å². The van der Waals surface area contributed by atoms with Crippen molar-refractivity contribution >= 4 is 23.0 Å². The first-order valence-corrected chi connectivity index (χ1v) is 9.05.